The Morgan fingerprint density at radius 3 is 2.63 bits per heavy atom. The fraction of sp³-hybridized carbons (Fsp3) is 0.350. The van der Waals surface area contributed by atoms with Gasteiger partial charge in [-0.1, -0.05) is 0 Å². The molecule has 0 saturated heterocycles. The minimum Gasteiger partial charge on any atom is -0.495 e. The van der Waals surface area contributed by atoms with Crippen molar-refractivity contribution in [3.05, 3.63) is 47.5 Å². The zero-order chi connectivity index (χ0) is 22.1. The number of methoxy groups -OCH3 is 1. The van der Waals surface area contributed by atoms with E-state index in [0.29, 0.717) is 24.9 Å². The highest BCUT2D eigenvalue weighted by atomic mass is 32.2. The molecule has 1 heterocycles. The molecule has 0 bridgehead atoms. The Hall–Kier alpha value is -2.72. The third-order valence-corrected chi connectivity index (χ3v) is 6.67. The first-order valence-electron chi connectivity index (χ1n) is 9.26. The van der Waals surface area contributed by atoms with Crippen LogP contribution >= 0.6 is 0 Å². The topological polar surface area (TPSA) is 79.0 Å². The Morgan fingerprint density at radius 2 is 1.97 bits per heavy atom. The molecule has 7 nitrogen and oxygen atoms in total. The highest BCUT2D eigenvalue weighted by Crippen LogP contribution is 2.32. The zero-order valence-corrected chi connectivity index (χ0v) is 17.7. The lowest BCUT2D eigenvalue weighted by atomic mass is 10.0. The maximum atomic E-state index is 14.3. The van der Waals surface area contributed by atoms with E-state index in [9.17, 15) is 22.0 Å². The van der Waals surface area contributed by atoms with Crippen LogP contribution < -0.4 is 15.0 Å². The van der Waals surface area contributed by atoms with Crippen molar-refractivity contribution in [1.82, 2.24) is 4.31 Å². The second-order valence-corrected chi connectivity index (χ2v) is 9.27. The highest BCUT2D eigenvalue weighted by Gasteiger charge is 2.25. The Bertz CT molecular complexity index is 1070. The van der Waals surface area contributed by atoms with Gasteiger partial charge in [0.1, 0.15) is 17.4 Å². The van der Waals surface area contributed by atoms with Crippen LogP contribution in [0.2, 0.25) is 0 Å². The number of sulfonamides is 1. The standard InChI is InChI=1S/C20H23F2N3O4S/c1-24(2)30(27,28)15-6-7-18(29-3)17(11-15)23-19(26)12-25-8-4-5-13-9-14(21)10-16(22)20(13)25/h6-7,9-11H,4-5,8,12H2,1-3H3,(H,23,26). The van der Waals surface area contributed by atoms with Crippen molar-refractivity contribution in [1.29, 1.82) is 0 Å². The molecular formula is C20H23F2N3O4S. The third-order valence-electron chi connectivity index (χ3n) is 4.86. The quantitative estimate of drug-likeness (QED) is 0.749. The van der Waals surface area contributed by atoms with Crippen molar-refractivity contribution < 1.29 is 26.7 Å². The number of fused-ring (bicyclic) bond motifs is 1. The predicted octanol–water partition coefficient (Wildman–Crippen LogP) is 2.62. The number of amides is 1. The first-order valence-corrected chi connectivity index (χ1v) is 10.7. The van der Waals surface area contributed by atoms with Crippen molar-refractivity contribution in [2.24, 2.45) is 0 Å². The molecule has 1 aliphatic heterocycles. The molecule has 2 aromatic rings. The molecule has 1 aliphatic rings. The van der Waals surface area contributed by atoms with Crippen molar-refractivity contribution in [3.63, 3.8) is 0 Å². The molecule has 2 aromatic carbocycles. The number of aryl methyl sites for hydroxylation is 1. The number of nitrogens with zero attached hydrogens (tertiary/aromatic N) is 2. The Labute approximate surface area is 174 Å². The largest absolute Gasteiger partial charge is 0.495 e. The number of carbonyl (C=O) groups excluding carboxylic acids is 1. The van der Waals surface area contributed by atoms with E-state index < -0.39 is 27.6 Å². The lowest BCUT2D eigenvalue weighted by Gasteiger charge is -2.31. The van der Waals surface area contributed by atoms with Crippen LogP contribution in [-0.4, -0.2) is 52.9 Å². The van der Waals surface area contributed by atoms with Gasteiger partial charge in [0.2, 0.25) is 15.9 Å². The van der Waals surface area contributed by atoms with Crippen LogP contribution in [0.1, 0.15) is 12.0 Å². The smallest absolute Gasteiger partial charge is 0.243 e. The summed E-state index contributed by atoms with van der Waals surface area (Å²) in [4.78, 5) is 14.2. The molecule has 1 amide bonds. The molecule has 0 atom stereocenters. The second kappa shape index (κ2) is 8.57. The van der Waals surface area contributed by atoms with E-state index in [1.807, 2.05) is 0 Å². The van der Waals surface area contributed by atoms with Gasteiger partial charge in [0.25, 0.3) is 0 Å². The van der Waals surface area contributed by atoms with Crippen LogP contribution in [0.3, 0.4) is 0 Å². The molecular weight excluding hydrogens is 416 g/mol. The molecule has 0 spiro atoms. The van der Waals surface area contributed by atoms with Crippen LogP contribution in [0.25, 0.3) is 0 Å². The van der Waals surface area contributed by atoms with Crippen molar-refractivity contribution in [3.8, 4) is 5.75 Å². The summed E-state index contributed by atoms with van der Waals surface area (Å²) in [6.45, 7) is 0.262. The van der Waals surface area contributed by atoms with Gasteiger partial charge in [-0.25, -0.2) is 21.5 Å². The van der Waals surface area contributed by atoms with Crippen molar-refractivity contribution >= 4 is 27.3 Å². The van der Waals surface area contributed by atoms with E-state index in [1.54, 1.807) is 4.90 Å². The Kier molecular flexibility index (Phi) is 6.27. The number of benzene rings is 2. The number of hydrogen-bond donors (Lipinski definition) is 1. The fourth-order valence-corrected chi connectivity index (χ4v) is 4.34. The maximum Gasteiger partial charge on any atom is 0.243 e. The Morgan fingerprint density at radius 1 is 1.23 bits per heavy atom. The maximum absolute atomic E-state index is 14.3. The highest BCUT2D eigenvalue weighted by molar-refractivity contribution is 7.89. The molecule has 30 heavy (non-hydrogen) atoms. The van der Waals surface area contributed by atoms with Gasteiger partial charge in [-0.05, 0) is 42.7 Å². The molecule has 0 saturated carbocycles. The molecule has 1 N–H and O–H groups in total. The molecule has 162 valence electrons. The fourth-order valence-electron chi connectivity index (χ4n) is 3.41. The first kappa shape index (κ1) is 22.0. The Balaban J connectivity index is 1.84. The van der Waals surface area contributed by atoms with Gasteiger partial charge in [0.05, 0.1) is 29.9 Å². The lowest BCUT2D eigenvalue weighted by molar-refractivity contribution is -0.115. The number of rotatable bonds is 6. The number of nitrogens with one attached hydrogen (secondary N) is 1. The summed E-state index contributed by atoms with van der Waals surface area (Å²) >= 11 is 0. The SMILES string of the molecule is COc1ccc(S(=O)(=O)N(C)C)cc1NC(=O)CN1CCCc2cc(F)cc(F)c21. The van der Waals surface area contributed by atoms with Gasteiger partial charge >= 0.3 is 0 Å². The minimum atomic E-state index is -3.71. The number of ether oxygens (including phenoxy) is 1. The first-order chi connectivity index (χ1) is 14.1. The van der Waals surface area contributed by atoms with E-state index in [-0.39, 0.29) is 28.6 Å². The van der Waals surface area contributed by atoms with Gasteiger partial charge in [-0.3, -0.25) is 4.79 Å². The molecule has 0 fully saturated rings. The number of carbonyl (C=O) groups is 1. The van der Waals surface area contributed by atoms with Gasteiger partial charge < -0.3 is 15.0 Å². The average molecular weight is 439 g/mol. The van der Waals surface area contributed by atoms with Crippen molar-refractivity contribution in [2.45, 2.75) is 17.7 Å². The summed E-state index contributed by atoms with van der Waals surface area (Å²) in [5.41, 5.74) is 0.916. The minimum absolute atomic E-state index is 0.00608. The van der Waals surface area contributed by atoms with Crippen LogP contribution in [0.5, 0.6) is 5.75 Å². The lowest BCUT2D eigenvalue weighted by Crippen LogP contribution is -2.37. The zero-order valence-electron chi connectivity index (χ0n) is 16.9. The van der Waals surface area contributed by atoms with Gasteiger partial charge in [-0.15, -0.1) is 0 Å². The van der Waals surface area contributed by atoms with E-state index in [0.717, 1.165) is 10.4 Å². The van der Waals surface area contributed by atoms with Gasteiger partial charge in [0.15, 0.2) is 0 Å². The summed E-state index contributed by atoms with van der Waals surface area (Å²) < 4.78 is 58.9. The summed E-state index contributed by atoms with van der Waals surface area (Å²) in [6.07, 6.45) is 1.18. The number of halogens is 2. The van der Waals surface area contributed by atoms with Crippen LogP contribution in [0.4, 0.5) is 20.2 Å². The van der Waals surface area contributed by atoms with Crippen LogP contribution in [-0.2, 0) is 21.2 Å². The molecule has 0 aliphatic carbocycles. The summed E-state index contributed by atoms with van der Waals surface area (Å²) in [7, 11) is 0.504. The summed E-state index contributed by atoms with van der Waals surface area (Å²) in [5.74, 6) is -1.56. The van der Waals surface area contributed by atoms with E-state index in [2.05, 4.69) is 5.32 Å². The van der Waals surface area contributed by atoms with Gasteiger partial charge in [-0.2, -0.15) is 0 Å². The second-order valence-electron chi connectivity index (χ2n) is 7.12. The molecule has 10 heteroatoms. The average Bonchev–Trinajstić information content (AvgIpc) is 2.67. The van der Waals surface area contributed by atoms with Crippen LogP contribution in [0, 0.1) is 11.6 Å². The van der Waals surface area contributed by atoms with Crippen LogP contribution in [0.15, 0.2) is 35.2 Å². The molecule has 0 aromatic heterocycles. The normalized spacial score (nSPS) is 13.9. The van der Waals surface area contributed by atoms with E-state index >= 15 is 0 Å². The van der Waals surface area contributed by atoms with E-state index in [1.165, 1.54) is 45.5 Å². The number of hydrogen-bond acceptors (Lipinski definition) is 5. The molecule has 0 unspecified atom stereocenters. The van der Waals surface area contributed by atoms with Gasteiger partial charge in [0, 0.05) is 26.7 Å². The van der Waals surface area contributed by atoms with E-state index in [4.69, 9.17) is 4.74 Å². The third kappa shape index (κ3) is 4.39. The number of anilines is 2. The monoisotopic (exact) mass is 439 g/mol. The summed E-state index contributed by atoms with van der Waals surface area (Å²) in [6, 6.07) is 6.22. The van der Waals surface area contributed by atoms with Crippen molar-refractivity contribution in [2.75, 3.05) is 44.5 Å². The summed E-state index contributed by atoms with van der Waals surface area (Å²) in [5, 5.41) is 2.64. The predicted molar refractivity (Wildman–Crippen MR) is 109 cm³/mol. The molecule has 3 rings (SSSR count). The molecule has 0 radical (unpaired) electrons.